The van der Waals surface area contributed by atoms with E-state index in [4.69, 9.17) is 4.74 Å². The van der Waals surface area contributed by atoms with Crippen LogP contribution in [-0.4, -0.2) is 50.0 Å². The van der Waals surface area contributed by atoms with E-state index in [0.29, 0.717) is 6.42 Å². The summed E-state index contributed by atoms with van der Waals surface area (Å²) in [5.74, 6) is -0.505. The molecule has 1 aromatic rings. The molecule has 2 rings (SSSR count). The van der Waals surface area contributed by atoms with Crippen LogP contribution in [0.2, 0.25) is 0 Å². The molecule has 0 saturated carbocycles. The number of aryl methyl sites for hydroxylation is 1. The lowest BCUT2D eigenvalue weighted by Gasteiger charge is -2.36. The first-order valence-electron chi connectivity index (χ1n) is 10.7. The summed E-state index contributed by atoms with van der Waals surface area (Å²) in [6, 6.07) is 8.73. The molecule has 1 saturated heterocycles. The van der Waals surface area contributed by atoms with E-state index < -0.39 is 14.6 Å². The highest BCUT2D eigenvalue weighted by Gasteiger charge is 2.30. The number of unbranched alkanes of at least 4 members (excludes halogenated alkanes) is 2. The highest BCUT2D eigenvalue weighted by molar-refractivity contribution is 7.93. The summed E-state index contributed by atoms with van der Waals surface area (Å²) in [6.07, 6.45) is 4.51. The number of carbonyl (C=O) groups is 1. The van der Waals surface area contributed by atoms with Gasteiger partial charge in [-0.3, -0.25) is 4.79 Å². The third-order valence-corrected chi connectivity index (χ3v) is 7.99. The molecule has 6 heteroatoms. The molecule has 1 aliphatic rings. The van der Waals surface area contributed by atoms with Crippen LogP contribution in [0.3, 0.4) is 0 Å². The second-order valence-electron chi connectivity index (χ2n) is 9.30. The Balaban J connectivity index is 1.70. The number of anilines is 1. The molecule has 1 heterocycles. The van der Waals surface area contributed by atoms with Gasteiger partial charge in [-0.05, 0) is 71.6 Å². The number of nitrogens with zero attached hydrogens (tertiary/aromatic N) is 1. The van der Waals surface area contributed by atoms with E-state index in [1.165, 1.54) is 11.3 Å². The number of carbonyl (C=O) groups excluding carboxylic acids is 1. The van der Waals surface area contributed by atoms with Crippen molar-refractivity contribution in [2.24, 2.45) is 0 Å². The van der Waals surface area contributed by atoms with Crippen LogP contribution in [0.4, 0.5) is 5.69 Å². The number of hydrogen-bond acceptors (Lipinski definition) is 5. The quantitative estimate of drug-likeness (QED) is 0.558. The smallest absolute Gasteiger partial charge is 0.162 e. The Labute approximate surface area is 176 Å². The Kier molecular flexibility index (Phi) is 8.29. The average molecular weight is 424 g/mol. The van der Waals surface area contributed by atoms with Crippen molar-refractivity contribution in [1.82, 2.24) is 0 Å². The topological polar surface area (TPSA) is 63.7 Å². The van der Waals surface area contributed by atoms with E-state index in [9.17, 15) is 13.2 Å². The van der Waals surface area contributed by atoms with Crippen molar-refractivity contribution in [2.75, 3.05) is 23.7 Å². The lowest BCUT2D eigenvalue weighted by Crippen LogP contribution is -2.45. The zero-order valence-electron chi connectivity index (χ0n) is 18.6. The minimum Gasteiger partial charge on any atom is -0.372 e. The average Bonchev–Trinajstić information content (AvgIpc) is 2.59. The summed E-state index contributed by atoms with van der Waals surface area (Å²) in [4.78, 5) is 14.4. The summed E-state index contributed by atoms with van der Waals surface area (Å²) in [6.45, 7) is 11.0. The van der Waals surface area contributed by atoms with Gasteiger partial charge >= 0.3 is 0 Å². The van der Waals surface area contributed by atoms with Gasteiger partial charge in [0.15, 0.2) is 9.84 Å². The Morgan fingerprint density at radius 2 is 1.62 bits per heavy atom. The van der Waals surface area contributed by atoms with Gasteiger partial charge in [0.05, 0.1) is 17.0 Å². The first-order valence-corrected chi connectivity index (χ1v) is 12.4. The molecule has 5 nitrogen and oxygen atoms in total. The van der Waals surface area contributed by atoms with Crippen LogP contribution >= 0.6 is 0 Å². The normalized spacial score (nSPS) is 20.7. The van der Waals surface area contributed by atoms with Gasteiger partial charge in [-0.25, -0.2) is 8.42 Å². The number of benzene rings is 1. The molecule has 0 spiro atoms. The van der Waals surface area contributed by atoms with Crippen molar-refractivity contribution in [3.63, 3.8) is 0 Å². The lowest BCUT2D eigenvalue weighted by molar-refractivity contribution is -0.116. The Bertz CT molecular complexity index is 755. The largest absolute Gasteiger partial charge is 0.372 e. The van der Waals surface area contributed by atoms with E-state index in [0.717, 1.165) is 38.8 Å². The van der Waals surface area contributed by atoms with Gasteiger partial charge in [-0.1, -0.05) is 18.6 Å². The number of ether oxygens (including phenoxy) is 1. The van der Waals surface area contributed by atoms with Crippen molar-refractivity contribution in [1.29, 1.82) is 0 Å². The second kappa shape index (κ2) is 10.1. The minimum atomic E-state index is -3.36. The van der Waals surface area contributed by atoms with Crippen LogP contribution in [0.5, 0.6) is 0 Å². The molecular formula is C23H37NO4S. The first-order chi connectivity index (χ1) is 13.5. The predicted octanol–water partition coefficient (Wildman–Crippen LogP) is 4.19. The SMILES string of the molecule is C[C@@H]1CN(c2ccc(CCCCCC(=O)CS(=O)(=O)C(C)(C)C)cc2)C[C@H](C)O1. The third-order valence-electron chi connectivity index (χ3n) is 5.43. The Morgan fingerprint density at radius 1 is 1.03 bits per heavy atom. The fourth-order valence-corrected chi connectivity index (χ4v) is 4.59. The maximum absolute atomic E-state index is 12.1. The van der Waals surface area contributed by atoms with E-state index in [-0.39, 0.29) is 23.7 Å². The van der Waals surface area contributed by atoms with Crippen molar-refractivity contribution in [3.05, 3.63) is 29.8 Å². The summed E-state index contributed by atoms with van der Waals surface area (Å²) in [5.41, 5.74) is 2.53. The number of Topliss-reactive ketones (excluding diaryl/α,β-unsaturated/α-hetero) is 1. The number of hydrogen-bond donors (Lipinski definition) is 0. The third kappa shape index (κ3) is 7.41. The highest BCUT2D eigenvalue weighted by atomic mass is 32.2. The first kappa shape index (κ1) is 23.9. The van der Waals surface area contributed by atoms with Crippen molar-refractivity contribution in [3.8, 4) is 0 Å². The fourth-order valence-electron chi connectivity index (χ4n) is 3.59. The Hall–Kier alpha value is -1.40. The molecule has 0 aliphatic carbocycles. The predicted molar refractivity (Wildman–Crippen MR) is 119 cm³/mol. The molecule has 0 unspecified atom stereocenters. The van der Waals surface area contributed by atoms with Gasteiger partial charge in [-0.2, -0.15) is 0 Å². The molecule has 1 aliphatic heterocycles. The standard InChI is InChI=1S/C23H37NO4S/c1-18-15-24(16-19(2)28-18)21-13-11-20(12-14-21)9-7-6-8-10-22(25)17-29(26,27)23(3,4)5/h11-14,18-19H,6-10,15-17H2,1-5H3/t18-,19+. The molecule has 1 aromatic carbocycles. The van der Waals surface area contributed by atoms with E-state index in [1.807, 2.05) is 0 Å². The molecule has 164 valence electrons. The van der Waals surface area contributed by atoms with Crippen LogP contribution in [0.1, 0.15) is 65.9 Å². The van der Waals surface area contributed by atoms with Crippen molar-refractivity contribution in [2.45, 2.75) is 83.7 Å². The molecule has 0 amide bonds. The number of ketones is 1. The fraction of sp³-hybridized carbons (Fsp3) is 0.696. The van der Waals surface area contributed by atoms with E-state index >= 15 is 0 Å². The minimum absolute atomic E-state index is 0.168. The molecular weight excluding hydrogens is 386 g/mol. The van der Waals surface area contributed by atoms with Crippen LogP contribution in [0.15, 0.2) is 24.3 Å². The number of sulfone groups is 1. The molecule has 0 radical (unpaired) electrons. The van der Waals surface area contributed by atoms with Gasteiger partial charge in [-0.15, -0.1) is 0 Å². The Morgan fingerprint density at radius 3 is 2.17 bits per heavy atom. The molecule has 2 atom stereocenters. The lowest BCUT2D eigenvalue weighted by atomic mass is 10.0. The maximum Gasteiger partial charge on any atom is 0.162 e. The van der Waals surface area contributed by atoms with Crippen LogP contribution < -0.4 is 4.90 Å². The van der Waals surface area contributed by atoms with Gasteiger partial charge in [0.2, 0.25) is 0 Å². The number of morpholine rings is 1. The van der Waals surface area contributed by atoms with Crippen molar-refractivity contribution < 1.29 is 17.9 Å². The van der Waals surface area contributed by atoms with Gasteiger partial charge in [0.1, 0.15) is 11.5 Å². The van der Waals surface area contributed by atoms with Crippen LogP contribution in [0.25, 0.3) is 0 Å². The highest BCUT2D eigenvalue weighted by Crippen LogP contribution is 2.22. The summed E-state index contributed by atoms with van der Waals surface area (Å²) >= 11 is 0. The zero-order valence-corrected chi connectivity index (χ0v) is 19.4. The summed E-state index contributed by atoms with van der Waals surface area (Å²) in [5, 5.41) is 0. The molecule has 0 N–H and O–H groups in total. The maximum atomic E-state index is 12.1. The van der Waals surface area contributed by atoms with E-state index in [1.54, 1.807) is 20.8 Å². The van der Waals surface area contributed by atoms with Crippen LogP contribution in [0, 0.1) is 0 Å². The van der Waals surface area contributed by atoms with Crippen LogP contribution in [-0.2, 0) is 25.8 Å². The molecule has 0 bridgehead atoms. The second-order valence-corrected chi connectivity index (χ2v) is 12.0. The number of rotatable bonds is 9. The molecule has 29 heavy (non-hydrogen) atoms. The monoisotopic (exact) mass is 423 g/mol. The molecule has 0 aromatic heterocycles. The summed E-state index contributed by atoms with van der Waals surface area (Å²) < 4.78 is 29.1. The van der Waals surface area contributed by atoms with Gasteiger partial charge in [0.25, 0.3) is 0 Å². The summed E-state index contributed by atoms with van der Waals surface area (Å²) in [7, 11) is -3.36. The van der Waals surface area contributed by atoms with Crippen molar-refractivity contribution >= 4 is 21.3 Å². The molecule has 1 fully saturated rings. The van der Waals surface area contributed by atoms with Gasteiger partial charge in [0, 0.05) is 25.2 Å². The zero-order chi connectivity index (χ0) is 21.7. The van der Waals surface area contributed by atoms with E-state index in [2.05, 4.69) is 43.0 Å². The van der Waals surface area contributed by atoms with Gasteiger partial charge < -0.3 is 9.64 Å².